The number of rotatable bonds is 7. The van der Waals surface area contributed by atoms with Crippen LogP contribution < -0.4 is 15.5 Å². The standard InChI is InChI=1S/C29H27N5O4S/c1-33(2)15-25(35)34(3)20-9-7-19(8-10-20)31-27(17-6-12-22-24(14-17)39-16-30-22)26-21-11-5-18(29(37)38-4)13-23(21)32-28(26)36/h5-14,16,31H,15H2,1-4H3,(H,32,36)/b27-26-. The molecule has 0 atom stereocenters. The van der Waals surface area contributed by atoms with E-state index in [0.29, 0.717) is 34.6 Å². The first-order valence-corrected chi connectivity index (χ1v) is 13.0. The van der Waals surface area contributed by atoms with Gasteiger partial charge in [-0.05, 0) is 62.6 Å². The van der Waals surface area contributed by atoms with Gasteiger partial charge >= 0.3 is 5.97 Å². The van der Waals surface area contributed by atoms with Gasteiger partial charge < -0.3 is 25.2 Å². The number of hydrogen-bond acceptors (Lipinski definition) is 8. The molecule has 0 radical (unpaired) electrons. The topological polar surface area (TPSA) is 104 Å². The van der Waals surface area contributed by atoms with E-state index in [9.17, 15) is 14.4 Å². The molecule has 39 heavy (non-hydrogen) atoms. The molecule has 4 aromatic rings. The van der Waals surface area contributed by atoms with Crippen molar-refractivity contribution in [3.05, 3.63) is 82.9 Å². The highest BCUT2D eigenvalue weighted by atomic mass is 32.1. The zero-order valence-corrected chi connectivity index (χ0v) is 22.8. The third-order valence-corrected chi connectivity index (χ3v) is 7.20. The number of fused-ring (bicyclic) bond motifs is 2. The van der Waals surface area contributed by atoms with Crippen LogP contribution in [0.3, 0.4) is 0 Å². The van der Waals surface area contributed by atoms with E-state index >= 15 is 0 Å². The van der Waals surface area contributed by atoms with E-state index in [4.69, 9.17) is 4.74 Å². The summed E-state index contributed by atoms with van der Waals surface area (Å²) in [5.41, 5.74) is 7.59. The van der Waals surface area contributed by atoms with Crippen LogP contribution in [0.1, 0.15) is 21.5 Å². The third kappa shape index (κ3) is 5.25. The summed E-state index contributed by atoms with van der Waals surface area (Å²) < 4.78 is 5.82. The zero-order valence-electron chi connectivity index (χ0n) is 21.9. The normalized spacial score (nSPS) is 13.7. The van der Waals surface area contributed by atoms with Crippen LogP contribution in [0.25, 0.3) is 21.5 Å². The van der Waals surface area contributed by atoms with E-state index < -0.39 is 5.97 Å². The van der Waals surface area contributed by atoms with Crippen LogP contribution in [0.4, 0.5) is 17.1 Å². The van der Waals surface area contributed by atoms with Crippen molar-refractivity contribution >= 4 is 67.7 Å². The number of carbonyl (C=O) groups excluding carboxylic acids is 3. The number of hydrogen-bond donors (Lipinski definition) is 2. The first-order chi connectivity index (χ1) is 18.7. The quantitative estimate of drug-likeness (QED) is 0.262. The number of amides is 2. The van der Waals surface area contributed by atoms with Gasteiger partial charge in [0.15, 0.2) is 0 Å². The monoisotopic (exact) mass is 541 g/mol. The minimum Gasteiger partial charge on any atom is -0.465 e. The number of nitrogens with zero attached hydrogens (tertiary/aromatic N) is 3. The summed E-state index contributed by atoms with van der Waals surface area (Å²) in [6.45, 7) is 0.305. The Balaban J connectivity index is 1.56. The van der Waals surface area contributed by atoms with E-state index in [1.165, 1.54) is 18.4 Å². The highest BCUT2D eigenvalue weighted by Gasteiger charge is 2.29. The summed E-state index contributed by atoms with van der Waals surface area (Å²) >= 11 is 1.52. The summed E-state index contributed by atoms with van der Waals surface area (Å²) in [6.07, 6.45) is 0. The second kappa shape index (κ2) is 10.7. The lowest BCUT2D eigenvalue weighted by atomic mass is 9.99. The molecule has 0 unspecified atom stereocenters. The first kappa shape index (κ1) is 26.1. The Labute approximate surface area is 229 Å². The number of thiazole rings is 1. The van der Waals surface area contributed by atoms with Crippen molar-refractivity contribution in [2.24, 2.45) is 0 Å². The van der Waals surface area contributed by atoms with Gasteiger partial charge in [-0.15, -0.1) is 11.3 Å². The molecule has 3 aromatic carbocycles. The Morgan fingerprint density at radius 1 is 1.00 bits per heavy atom. The Morgan fingerprint density at radius 3 is 2.46 bits per heavy atom. The lowest BCUT2D eigenvalue weighted by molar-refractivity contribution is -0.119. The third-order valence-electron chi connectivity index (χ3n) is 6.40. The molecule has 5 rings (SSSR count). The molecule has 0 bridgehead atoms. The van der Waals surface area contributed by atoms with Crippen LogP contribution in [0.15, 0.2) is 66.2 Å². The Morgan fingerprint density at radius 2 is 1.74 bits per heavy atom. The van der Waals surface area contributed by atoms with E-state index in [0.717, 1.165) is 27.2 Å². The van der Waals surface area contributed by atoms with Gasteiger partial charge in [-0.1, -0.05) is 12.1 Å². The molecule has 2 heterocycles. The molecule has 1 aromatic heterocycles. The minimum absolute atomic E-state index is 0.0214. The fraction of sp³-hybridized carbons (Fsp3) is 0.172. The highest BCUT2D eigenvalue weighted by molar-refractivity contribution is 7.16. The fourth-order valence-electron chi connectivity index (χ4n) is 4.39. The average molecular weight is 542 g/mol. The summed E-state index contributed by atoms with van der Waals surface area (Å²) in [4.78, 5) is 45.7. The molecule has 10 heteroatoms. The van der Waals surface area contributed by atoms with Gasteiger partial charge in [-0.2, -0.15) is 0 Å². The van der Waals surface area contributed by atoms with Crippen LogP contribution in [-0.4, -0.2) is 62.5 Å². The number of nitrogens with one attached hydrogen (secondary N) is 2. The van der Waals surface area contributed by atoms with E-state index in [1.54, 1.807) is 35.7 Å². The summed E-state index contributed by atoms with van der Waals surface area (Å²) in [5.74, 6) is -0.788. The maximum absolute atomic E-state index is 13.3. The molecular weight excluding hydrogens is 514 g/mol. The van der Waals surface area contributed by atoms with Gasteiger partial charge in [0.25, 0.3) is 5.91 Å². The minimum atomic E-state index is -0.479. The van der Waals surface area contributed by atoms with Gasteiger partial charge in [-0.25, -0.2) is 9.78 Å². The van der Waals surface area contributed by atoms with E-state index in [-0.39, 0.29) is 11.8 Å². The number of benzene rings is 3. The van der Waals surface area contributed by atoms with Crippen molar-refractivity contribution in [2.45, 2.75) is 0 Å². The number of anilines is 3. The summed E-state index contributed by atoms with van der Waals surface area (Å²) in [5, 5.41) is 6.33. The molecule has 0 saturated carbocycles. The van der Waals surface area contributed by atoms with Gasteiger partial charge in [0.1, 0.15) is 0 Å². The van der Waals surface area contributed by atoms with Crippen molar-refractivity contribution in [3.63, 3.8) is 0 Å². The van der Waals surface area contributed by atoms with E-state index in [2.05, 4.69) is 15.6 Å². The van der Waals surface area contributed by atoms with Crippen molar-refractivity contribution in [3.8, 4) is 0 Å². The van der Waals surface area contributed by atoms with Crippen molar-refractivity contribution < 1.29 is 19.1 Å². The molecule has 0 aliphatic carbocycles. The van der Waals surface area contributed by atoms with Crippen molar-refractivity contribution in [1.82, 2.24) is 9.88 Å². The van der Waals surface area contributed by atoms with Crippen LogP contribution in [0, 0.1) is 0 Å². The summed E-state index contributed by atoms with van der Waals surface area (Å²) in [7, 11) is 6.77. The Hall–Kier alpha value is -4.54. The maximum atomic E-state index is 13.3. The zero-order chi connectivity index (χ0) is 27.7. The number of aromatic nitrogens is 1. The molecule has 0 spiro atoms. The number of methoxy groups -OCH3 is 1. The molecule has 2 amide bonds. The van der Waals surface area contributed by atoms with Crippen LogP contribution >= 0.6 is 11.3 Å². The SMILES string of the molecule is COC(=O)c1ccc2c(c1)NC(=O)/C2=C(\Nc1ccc(N(C)C(=O)CN(C)C)cc1)c1ccc2ncsc2c1. The molecule has 0 fully saturated rings. The molecule has 0 saturated heterocycles. The molecular formula is C29H27N5O4S. The molecule has 2 N–H and O–H groups in total. The van der Waals surface area contributed by atoms with Crippen molar-refractivity contribution in [2.75, 3.05) is 50.3 Å². The van der Waals surface area contributed by atoms with Gasteiger partial charge in [0.2, 0.25) is 5.91 Å². The molecule has 1 aliphatic rings. The van der Waals surface area contributed by atoms with Crippen LogP contribution in [0.5, 0.6) is 0 Å². The number of likely N-dealkylation sites (N-methyl/N-ethyl adjacent to an activating group) is 2. The smallest absolute Gasteiger partial charge is 0.337 e. The van der Waals surface area contributed by atoms with Crippen LogP contribution in [0.2, 0.25) is 0 Å². The second-order valence-corrected chi connectivity index (χ2v) is 10.2. The lowest BCUT2D eigenvalue weighted by Gasteiger charge is -2.20. The Bertz CT molecular complexity index is 1620. The second-order valence-electron chi connectivity index (χ2n) is 9.35. The van der Waals surface area contributed by atoms with Gasteiger partial charge in [0, 0.05) is 29.5 Å². The fourth-order valence-corrected chi connectivity index (χ4v) is 5.11. The van der Waals surface area contributed by atoms with Crippen molar-refractivity contribution in [1.29, 1.82) is 0 Å². The lowest BCUT2D eigenvalue weighted by Crippen LogP contribution is -2.34. The average Bonchev–Trinajstić information content (AvgIpc) is 3.53. The number of esters is 1. The molecule has 198 valence electrons. The largest absolute Gasteiger partial charge is 0.465 e. The molecule has 1 aliphatic heterocycles. The van der Waals surface area contributed by atoms with Gasteiger partial charge in [0.05, 0.1) is 51.9 Å². The van der Waals surface area contributed by atoms with E-state index in [1.807, 2.05) is 61.5 Å². The van der Waals surface area contributed by atoms with Crippen LogP contribution in [-0.2, 0) is 14.3 Å². The molecule has 9 nitrogen and oxygen atoms in total. The summed E-state index contributed by atoms with van der Waals surface area (Å²) in [6, 6.07) is 18.3. The first-order valence-electron chi connectivity index (χ1n) is 12.2. The predicted octanol–water partition coefficient (Wildman–Crippen LogP) is 4.54. The number of carbonyl (C=O) groups is 3. The number of ether oxygens (including phenoxy) is 1. The Kier molecular flexibility index (Phi) is 7.14. The van der Waals surface area contributed by atoms with Gasteiger partial charge in [-0.3, -0.25) is 9.59 Å². The maximum Gasteiger partial charge on any atom is 0.337 e. The predicted molar refractivity (Wildman–Crippen MR) is 155 cm³/mol. The highest BCUT2D eigenvalue weighted by Crippen LogP contribution is 2.39.